The molecule has 1 aliphatic rings. The second-order valence-electron chi connectivity index (χ2n) is 5.98. The van der Waals surface area contributed by atoms with Gasteiger partial charge < -0.3 is 5.32 Å². The van der Waals surface area contributed by atoms with Crippen molar-refractivity contribution < 1.29 is 4.79 Å². The van der Waals surface area contributed by atoms with Crippen LogP contribution in [0.3, 0.4) is 0 Å². The van der Waals surface area contributed by atoms with Gasteiger partial charge in [0.05, 0.1) is 10.7 Å². The van der Waals surface area contributed by atoms with Gasteiger partial charge in [0.1, 0.15) is 6.29 Å². The standard InChI is InChI=1S/C22H21NOS/c1-4-8-16-11-12-20-21(19(16)5-2)23-22(25-20)15(3)13-17-9-6-7-10-18(17)14-24/h4-12,14,23H,2,13H2,1,3H3/b8-4-,22-15+. The van der Waals surface area contributed by atoms with Gasteiger partial charge in [0.15, 0.2) is 0 Å². The van der Waals surface area contributed by atoms with Gasteiger partial charge in [0.2, 0.25) is 0 Å². The lowest BCUT2D eigenvalue weighted by Gasteiger charge is -2.10. The molecule has 0 saturated carbocycles. The van der Waals surface area contributed by atoms with Gasteiger partial charge in [-0.2, -0.15) is 0 Å². The van der Waals surface area contributed by atoms with Gasteiger partial charge in [-0.3, -0.25) is 4.79 Å². The smallest absolute Gasteiger partial charge is 0.150 e. The molecule has 1 aliphatic heterocycles. The average Bonchev–Trinajstić information content (AvgIpc) is 3.06. The average molecular weight is 347 g/mol. The zero-order valence-corrected chi connectivity index (χ0v) is 15.3. The fourth-order valence-electron chi connectivity index (χ4n) is 2.99. The molecular formula is C22H21NOS. The third-order valence-electron chi connectivity index (χ3n) is 4.27. The van der Waals surface area contributed by atoms with E-state index >= 15 is 0 Å². The molecule has 2 aromatic carbocycles. The van der Waals surface area contributed by atoms with E-state index in [-0.39, 0.29) is 0 Å². The van der Waals surface area contributed by atoms with Gasteiger partial charge in [-0.25, -0.2) is 0 Å². The minimum Gasteiger partial charge on any atom is -0.349 e. The highest BCUT2D eigenvalue weighted by Crippen LogP contribution is 2.46. The number of allylic oxidation sites excluding steroid dienone is 2. The molecule has 126 valence electrons. The van der Waals surface area contributed by atoms with Crippen molar-refractivity contribution in [2.75, 3.05) is 5.32 Å². The number of hydrogen-bond donors (Lipinski definition) is 1. The predicted octanol–water partition coefficient (Wildman–Crippen LogP) is 6.17. The van der Waals surface area contributed by atoms with E-state index < -0.39 is 0 Å². The Morgan fingerprint density at radius 2 is 2.00 bits per heavy atom. The summed E-state index contributed by atoms with van der Waals surface area (Å²) in [5.74, 6) is 0. The molecule has 3 heteroatoms. The number of carbonyl (C=O) groups is 1. The summed E-state index contributed by atoms with van der Waals surface area (Å²) in [6.45, 7) is 8.10. The van der Waals surface area contributed by atoms with Crippen LogP contribution >= 0.6 is 11.8 Å². The van der Waals surface area contributed by atoms with Crippen LogP contribution < -0.4 is 5.32 Å². The van der Waals surface area contributed by atoms with E-state index in [1.54, 1.807) is 11.8 Å². The van der Waals surface area contributed by atoms with Crippen molar-refractivity contribution in [1.29, 1.82) is 0 Å². The molecule has 25 heavy (non-hydrogen) atoms. The zero-order valence-electron chi connectivity index (χ0n) is 14.5. The summed E-state index contributed by atoms with van der Waals surface area (Å²) in [4.78, 5) is 12.4. The maximum Gasteiger partial charge on any atom is 0.150 e. The first-order valence-electron chi connectivity index (χ1n) is 8.27. The number of hydrogen-bond acceptors (Lipinski definition) is 3. The Kier molecular flexibility index (Phi) is 5.25. The van der Waals surface area contributed by atoms with Crippen LogP contribution in [0.15, 0.2) is 64.6 Å². The van der Waals surface area contributed by atoms with Gasteiger partial charge >= 0.3 is 0 Å². The van der Waals surface area contributed by atoms with E-state index in [4.69, 9.17) is 0 Å². The highest BCUT2D eigenvalue weighted by Gasteiger charge is 2.21. The molecule has 0 saturated heterocycles. The molecule has 3 rings (SSSR count). The monoisotopic (exact) mass is 347 g/mol. The maximum atomic E-state index is 11.2. The Bertz CT molecular complexity index is 893. The van der Waals surface area contributed by atoms with Crippen LogP contribution in [-0.2, 0) is 6.42 Å². The van der Waals surface area contributed by atoms with Crippen LogP contribution in [0.2, 0.25) is 0 Å². The first kappa shape index (κ1) is 17.3. The second-order valence-corrected chi connectivity index (χ2v) is 7.03. The number of anilines is 1. The van der Waals surface area contributed by atoms with Crippen LogP contribution in [0.1, 0.15) is 40.9 Å². The first-order valence-corrected chi connectivity index (χ1v) is 9.09. The molecule has 1 N–H and O–H groups in total. The zero-order chi connectivity index (χ0) is 17.8. The Morgan fingerprint density at radius 1 is 1.20 bits per heavy atom. The minimum absolute atomic E-state index is 0.753. The van der Waals surface area contributed by atoms with E-state index in [0.29, 0.717) is 0 Å². The minimum atomic E-state index is 0.753. The van der Waals surface area contributed by atoms with Crippen LogP contribution in [0.5, 0.6) is 0 Å². The molecule has 0 spiro atoms. The summed E-state index contributed by atoms with van der Waals surface area (Å²) in [5, 5.41) is 4.70. The first-order chi connectivity index (χ1) is 12.2. The fourth-order valence-corrected chi connectivity index (χ4v) is 4.01. The number of thioether (sulfide) groups is 1. The van der Waals surface area contributed by atoms with E-state index in [1.807, 2.05) is 43.3 Å². The van der Waals surface area contributed by atoms with E-state index in [1.165, 1.54) is 10.5 Å². The Morgan fingerprint density at radius 3 is 2.72 bits per heavy atom. The van der Waals surface area contributed by atoms with Crippen molar-refractivity contribution in [3.63, 3.8) is 0 Å². The van der Waals surface area contributed by atoms with Crippen molar-refractivity contribution in [2.45, 2.75) is 25.2 Å². The predicted molar refractivity (Wildman–Crippen MR) is 109 cm³/mol. The van der Waals surface area contributed by atoms with Crippen LogP contribution in [0.4, 0.5) is 5.69 Å². The maximum absolute atomic E-state index is 11.2. The number of benzene rings is 2. The van der Waals surface area contributed by atoms with Crippen LogP contribution in [0.25, 0.3) is 12.2 Å². The number of carbonyl (C=O) groups excluding carboxylic acids is 1. The van der Waals surface area contributed by atoms with Gasteiger partial charge in [-0.05, 0) is 43.0 Å². The highest BCUT2D eigenvalue weighted by atomic mass is 32.2. The normalized spacial score (nSPS) is 15.0. The van der Waals surface area contributed by atoms with E-state index in [2.05, 4.69) is 37.0 Å². The van der Waals surface area contributed by atoms with E-state index in [9.17, 15) is 4.79 Å². The van der Waals surface area contributed by atoms with Gasteiger partial charge in [-0.1, -0.05) is 66.9 Å². The topological polar surface area (TPSA) is 29.1 Å². The lowest BCUT2D eigenvalue weighted by Crippen LogP contribution is -2.00. The summed E-state index contributed by atoms with van der Waals surface area (Å²) in [6, 6.07) is 12.0. The number of rotatable bonds is 5. The molecule has 0 aromatic heterocycles. The third-order valence-corrected chi connectivity index (χ3v) is 5.48. The summed E-state index contributed by atoms with van der Waals surface area (Å²) in [7, 11) is 0. The Balaban J connectivity index is 1.93. The highest BCUT2D eigenvalue weighted by molar-refractivity contribution is 8.03. The van der Waals surface area contributed by atoms with Crippen molar-refractivity contribution >= 4 is 35.9 Å². The molecule has 0 atom stereocenters. The van der Waals surface area contributed by atoms with Gasteiger partial charge in [-0.15, -0.1) is 0 Å². The van der Waals surface area contributed by atoms with Crippen molar-refractivity contribution in [1.82, 2.24) is 0 Å². The number of fused-ring (bicyclic) bond motifs is 1. The quantitative estimate of drug-likeness (QED) is 0.656. The van der Waals surface area contributed by atoms with Crippen LogP contribution in [0, 0.1) is 0 Å². The molecule has 2 aromatic rings. The van der Waals surface area contributed by atoms with Crippen molar-refractivity contribution in [2.24, 2.45) is 0 Å². The molecular weight excluding hydrogens is 326 g/mol. The van der Waals surface area contributed by atoms with Crippen molar-refractivity contribution in [3.8, 4) is 0 Å². The molecule has 1 heterocycles. The number of nitrogens with one attached hydrogen (secondary N) is 1. The lowest BCUT2D eigenvalue weighted by molar-refractivity contribution is 0.112. The summed E-state index contributed by atoms with van der Waals surface area (Å²) in [6.07, 6.45) is 7.72. The van der Waals surface area contributed by atoms with Crippen molar-refractivity contribution in [3.05, 3.63) is 81.9 Å². The summed E-state index contributed by atoms with van der Waals surface area (Å²) >= 11 is 1.74. The molecule has 0 bridgehead atoms. The lowest BCUT2D eigenvalue weighted by atomic mass is 10.0. The summed E-state index contributed by atoms with van der Waals surface area (Å²) in [5.41, 5.74) is 6.44. The molecule has 0 aliphatic carbocycles. The fraction of sp³-hybridized carbons (Fsp3) is 0.136. The van der Waals surface area contributed by atoms with Crippen LogP contribution in [-0.4, -0.2) is 6.29 Å². The van der Waals surface area contributed by atoms with Gasteiger partial charge in [0.25, 0.3) is 0 Å². The molecule has 0 unspecified atom stereocenters. The molecule has 2 nitrogen and oxygen atoms in total. The summed E-state index contributed by atoms with van der Waals surface area (Å²) < 4.78 is 0. The van der Waals surface area contributed by atoms with Gasteiger partial charge in [0, 0.05) is 16.0 Å². The Labute approximate surface area is 153 Å². The Hall–Kier alpha value is -2.52. The third kappa shape index (κ3) is 3.47. The SMILES string of the molecule is C=Cc1c(/C=C\C)ccc2c1N/C(=C(/C)Cc1ccccc1C=O)S2. The molecule has 0 fully saturated rings. The second kappa shape index (κ2) is 7.58. The largest absolute Gasteiger partial charge is 0.349 e. The molecule has 0 radical (unpaired) electrons. The van der Waals surface area contributed by atoms with E-state index in [0.717, 1.165) is 45.7 Å². The molecule has 0 amide bonds. The number of aldehydes is 1.